The summed E-state index contributed by atoms with van der Waals surface area (Å²) in [4.78, 5) is 2.22. The van der Waals surface area contributed by atoms with Crippen molar-refractivity contribution in [3.63, 3.8) is 0 Å². The number of nitrogens with one attached hydrogen (secondary N) is 2. The molecule has 1 fully saturated rings. The van der Waals surface area contributed by atoms with Gasteiger partial charge in [-0.1, -0.05) is 42.5 Å². The highest BCUT2D eigenvalue weighted by Crippen LogP contribution is 2.42. The zero-order chi connectivity index (χ0) is 25.1. The van der Waals surface area contributed by atoms with Gasteiger partial charge in [-0.3, -0.25) is 0 Å². The molecule has 1 aliphatic heterocycles. The van der Waals surface area contributed by atoms with Crippen LogP contribution in [-0.2, 0) is 15.6 Å². The van der Waals surface area contributed by atoms with Crippen molar-refractivity contribution in [2.75, 3.05) is 25.5 Å². The standard InChI is InChI=1S/C26H28FN3O3S2/c1-28-35(32,33)24-13-11-23(12-14-24)29-25(34)30-17-15-21(16-18-30)26(31,19-5-3-2-4-6-19)20-7-9-22(27)10-8-20/h2-14,21,28,31H,15-18H2,1H3,(H,29,34). The summed E-state index contributed by atoms with van der Waals surface area (Å²) in [7, 11) is -2.13. The fourth-order valence-corrected chi connectivity index (χ4v) is 5.60. The summed E-state index contributed by atoms with van der Waals surface area (Å²) in [5.41, 5.74) is 0.896. The summed E-state index contributed by atoms with van der Waals surface area (Å²) >= 11 is 5.60. The minimum atomic E-state index is -3.50. The summed E-state index contributed by atoms with van der Waals surface area (Å²) in [6.07, 6.45) is 1.37. The molecule has 1 unspecified atom stereocenters. The molecule has 0 spiro atoms. The summed E-state index contributed by atoms with van der Waals surface area (Å²) in [6.45, 7) is 1.28. The lowest BCUT2D eigenvalue weighted by Crippen LogP contribution is -2.47. The molecule has 0 amide bonds. The Morgan fingerprint density at radius 1 is 0.971 bits per heavy atom. The first-order valence-corrected chi connectivity index (χ1v) is 13.3. The molecule has 1 heterocycles. The molecule has 3 aromatic rings. The quantitative estimate of drug-likeness (QED) is 0.431. The lowest BCUT2D eigenvalue weighted by molar-refractivity contribution is -0.00636. The normalized spacial score (nSPS) is 16.5. The maximum Gasteiger partial charge on any atom is 0.240 e. The number of benzene rings is 3. The van der Waals surface area contributed by atoms with Gasteiger partial charge in [-0.2, -0.15) is 0 Å². The highest BCUT2D eigenvalue weighted by atomic mass is 32.2. The van der Waals surface area contributed by atoms with Gasteiger partial charge in [0.2, 0.25) is 10.0 Å². The summed E-state index contributed by atoms with van der Waals surface area (Å²) < 4.78 is 39.7. The molecule has 1 aliphatic rings. The van der Waals surface area contributed by atoms with Crippen LogP contribution < -0.4 is 10.0 Å². The van der Waals surface area contributed by atoms with Crippen molar-refractivity contribution in [2.24, 2.45) is 5.92 Å². The van der Waals surface area contributed by atoms with E-state index >= 15 is 0 Å². The van der Waals surface area contributed by atoms with Gasteiger partial charge in [-0.15, -0.1) is 0 Å². The zero-order valence-electron chi connectivity index (χ0n) is 19.3. The Balaban J connectivity index is 1.46. The van der Waals surface area contributed by atoms with Crippen molar-refractivity contribution < 1.29 is 17.9 Å². The molecule has 0 saturated carbocycles. The molecule has 4 rings (SSSR count). The van der Waals surface area contributed by atoms with Crippen LogP contribution in [0.15, 0.2) is 83.8 Å². The molecule has 3 aromatic carbocycles. The molecular formula is C26H28FN3O3S2. The van der Waals surface area contributed by atoms with Gasteiger partial charge in [-0.05, 0) is 85.6 Å². The van der Waals surface area contributed by atoms with Crippen molar-refractivity contribution in [1.82, 2.24) is 9.62 Å². The second kappa shape index (κ2) is 10.4. The third kappa shape index (κ3) is 5.38. The molecule has 35 heavy (non-hydrogen) atoms. The molecule has 0 radical (unpaired) electrons. The largest absolute Gasteiger partial charge is 0.380 e. The van der Waals surface area contributed by atoms with Crippen molar-refractivity contribution in [1.29, 1.82) is 0 Å². The van der Waals surface area contributed by atoms with Crippen LogP contribution in [0.2, 0.25) is 0 Å². The third-order valence-corrected chi connectivity index (χ3v) is 8.35. The minimum Gasteiger partial charge on any atom is -0.380 e. The van der Waals surface area contributed by atoms with Crippen LogP contribution in [0.3, 0.4) is 0 Å². The van der Waals surface area contributed by atoms with E-state index in [0.717, 1.165) is 5.56 Å². The topological polar surface area (TPSA) is 81.7 Å². The van der Waals surface area contributed by atoms with Crippen molar-refractivity contribution >= 4 is 33.0 Å². The van der Waals surface area contributed by atoms with Crippen molar-refractivity contribution in [3.8, 4) is 0 Å². The summed E-state index contributed by atoms with van der Waals surface area (Å²) in [5, 5.41) is 15.7. The molecule has 0 aliphatic carbocycles. The molecule has 9 heteroatoms. The summed E-state index contributed by atoms with van der Waals surface area (Å²) in [6, 6.07) is 21.9. The van der Waals surface area contributed by atoms with E-state index in [1.54, 1.807) is 24.3 Å². The number of likely N-dealkylation sites (tertiary alicyclic amines) is 1. The zero-order valence-corrected chi connectivity index (χ0v) is 20.9. The molecular weight excluding hydrogens is 485 g/mol. The van der Waals surface area contributed by atoms with Crippen LogP contribution in [0.1, 0.15) is 24.0 Å². The van der Waals surface area contributed by atoms with Crippen LogP contribution in [-0.4, -0.2) is 43.7 Å². The van der Waals surface area contributed by atoms with Gasteiger partial charge >= 0.3 is 0 Å². The first-order valence-electron chi connectivity index (χ1n) is 11.4. The number of nitrogens with zero attached hydrogens (tertiary/aromatic N) is 1. The van der Waals surface area contributed by atoms with Gasteiger partial charge < -0.3 is 15.3 Å². The monoisotopic (exact) mass is 513 g/mol. The minimum absolute atomic E-state index is 0.0829. The number of hydrogen-bond donors (Lipinski definition) is 3. The number of rotatable bonds is 6. The number of anilines is 1. The Morgan fingerprint density at radius 3 is 2.11 bits per heavy atom. The van der Waals surface area contributed by atoms with E-state index in [2.05, 4.69) is 10.0 Å². The lowest BCUT2D eigenvalue weighted by Gasteiger charge is -2.43. The Hall–Kier alpha value is -2.85. The second-order valence-electron chi connectivity index (χ2n) is 8.56. The van der Waals surface area contributed by atoms with E-state index in [1.165, 1.54) is 31.3 Å². The summed E-state index contributed by atoms with van der Waals surface area (Å²) in [5.74, 6) is -0.424. The molecule has 184 valence electrons. The average molecular weight is 514 g/mol. The first kappa shape index (κ1) is 25.2. The molecule has 1 atom stereocenters. The second-order valence-corrected chi connectivity index (χ2v) is 10.8. The van der Waals surface area contributed by atoms with Crippen LogP contribution in [0.4, 0.5) is 10.1 Å². The van der Waals surface area contributed by atoms with Crippen molar-refractivity contribution in [2.45, 2.75) is 23.3 Å². The van der Waals surface area contributed by atoms with E-state index in [4.69, 9.17) is 12.2 Å². The maximum atomic E-state index is 13.6. The Kier molecular flexibility index (Phi) is 7.51. The maximum absolute atomic E-state index is 13.6. The van der Waals surface area contributed by atoms with Gasteiger partial charge in [0.25, 0.3) is 0 Å². The Labute approximate surface area is 210 Å². The van der Waals surface area contributed by atoms with Crippen LogP contribution in [0.5, 0.6) is 0 Å². The molecule has 0 bridgehead atoms. The predicted octanol–water partition coefficient (Wildman–Crippen LogP) is 4.08. The van der Waals surface area contributed by atoms with E-state index in [9.17, 15) is 17.9 Å². The van der Waals surface area contributed by atoms with Gasteiger partial charge in [0.15, 0.2) is 5.11 Å². The number of sulfonamides is 1. The fourth-order valence-electron chi connectivity index (χ4n) is 4.57. The third-order valence-electron chi connectivity index (χ3n) is 6.56. The molecule has 1 saturated heterocycles. The predicted molar refractivity (Wildman–Crippen MR) is 139 cm³/mol. The SMILES string of the molecule is CNS(=O)(=O)c1ccc(NC(=S)N2CCC(C(O)(c3ccccc3)c3ccc(F)cc3)CC2)cc1. The number of hydrogen-bond acceptors (Lipinski definition) is 4. The number of halogens is 1. The van der Waals surface area contributed by atoms with E-state index in [-0.39, 0.29) is 16.6 Å². The first-order chi connectivity index (χ1) is 16.7. The van der Waals surface area contributed by atoms with Crippen LogP contribution in [0, 0.1) is 11.7 Å². The van der Waals surface area contributed by atoms with E-state index in [0.29, 0.717) is 42.3 Å². The Morgan fingerprint density at radius 2 is 1.54 bits per heavy atom. The van der Waals surface area contributed by atoms with Crippen molar-refractivity contribution in [3.05, 3.63) is 95.8 Å². The van der Waals surface area contributed by atoms with Crippen LogP contribution >= 0.6 is 12.2 Å². The van der Waals surface area contributed by atoms with Gasteiger partial charge in [0, 0.05) is 18.8 Å². The van der Waals surface area contributed by atoms with E-state index in [1.807, 2.05) is 35.2 Å². The molecule has 3 N–H and O–H groups in total. The average Bonchev–Trinajstić information content (AvgIpc) is 2.89. The Bertz CT molecular complexity index is 1260. The smallest absolute Gasteiger partial charge is 0.240 e. The lowest BCUT2D eigenvalue weighted by atomic mass is 9.72. The van der Waals surface area contributed by atoms with Gasteiger partial charge in [0.05, 0.1) is 4.90 Å². The van der Waals surface area contributed by atoms with Crippen LogP contribution in [0.25, 0.3) is 0 Å². The van der Waals surface area contributed by atoms with E-state index < -0.39 is 15.6 Å². The van der Waals surface area contributed by atoms with Gasteiger partial charge in [-0.25, -0.2) is 17.5 Å². The van der Waals surface area contributed by atoms with Gasteiger partial charge in [0.1, 0.15) is 11.4 Å². The fraction of sp³-hybridized carbons (Fsp3) is 0.269. The molecule has 6 nitrogen and oxygen atoms in total. The highest BCUT2D eigenvalue weighted by Gasteiger charge is 2.41. The highest BCUT2D eigenvalue weighted by molar-refractivity contribution is 7.89. The molecule has 0 aromatic heterocycles. The number of thiocarbonyl (C=S) groups is 1. The number of aliphatic hydroxyl groups is 1. The number of piperidine rings is 1.